The van der Waals surface area contributed by atoms with Crippen molar-refractivity contribution in [1.29, 1.82) is 0 Å². The molecular weight excluding hydrogens is 182 g/mol. The second kappa shape index (κ2) is 2.83. The fourth-order valence-electron chi connectivity index (χ4n) is 1.60. The molecule has 1 amide bonds. The molecule has 14 heavy (non-hydrogen) atoms. The molecule has 1 aliphatic rings. The SMILES string of the molecule is CN1C(=O)Cc2cc(C(=O)O)ccc21. The van der Waals surface area contributed by atoms with E-state index >= 15 is 0 Å². The maximum absolute atomic E-state index is 11.3. The van der Waals surface area contributed by atoms with Crippen LogP contribution in [0.4, 0.5) is 5.69 Å². The number of carboxylic acids is 1. The van der Waals surface area contributed by atoms with E-state index in [9.17, 15) is 9.59 Å². The van der Waals surface area contributed by atoms with Gasteiger partial charge in [-0.1, -0.05) is 0 Å². The first kappa shape index (κ1) is 8.74. The summed E-state index contributed by atoms with van der Waals surface area (Å²) >= 11 is 0. The molecule has 0 fully saturated rings. The summed E-state index contributed by atoms with van der Waals surface area (Å²) < 4.78 is 0. The lowest BCUT2D eigenvalue weighted by Crippen LogP contribution is -2.20. The highest BCUT2D eigenvalue weighted by molar-refractivity contribution is 6.02. The largest absolute Gasteiger partial charge is 0.478 e. The van der Waals surface area contributed by atoms with Crippen LogP contribution in [0.15, 0.2) is 18.2 Å². The van der Waals surface area contributed by atoms with Gasteiger partial charge >= 0.3 is 5.97 Å². The maximum Gasteiger partial charge on any atom is 0.335 e. The summed E-state index contributed by atoms with van der Waals surface area (Å²) in [5, 5.41) is 8.75. The third-order valence-electron chi connectivity index (χ3n) is 2.40. The molecule has 0 spiro atoms. The summed E-state index contributed by atoms with van der Waals surface area (Å²) in [5.41, 5.74) is 1.82. The number of fused-ring (bicyclic) bond motifs is 1. The van der Waals surface area contributed by atoms with Gasteiger partial charge in [0.2, 0.25) is 5.91 Å². The molecule has 0 unspecified atom stereocenters. The minimum atomic E-state index is -0.963. The highest BCUT2D eigenvalue weighted by Gasteiger charge is 2.24. The van der Waals surface area contributed by atoms with Crippen LogP contribution in [0.25, 0.3) is 0 Å². The van der Waals surface area contributed by atoms with E-state index in [0.29, 0.717) is 6.42 Å². The molecule has 0 saturated heterocycles. The fourth-order valence-corrected chi connectivity index (χ4v) is 1.60. The van der Waals surface area contributed by atoms with Crippen LogP contribution >= 0.6 is 0 Å². The van der Waals surface area contributed by atoms with Gasteiger partial charge in [0.05, 0.1) is 12.0 Å². The van der Waals surface area contributed by atoms with Gasteiger partial charge in [-0.15, -0.1) is 0 Å². The molecule has 1 aromatic carbocycles. The Bertz CT molecular complexity index is 425. The minimum Gasteiger partial charge on any atom is -0.478 e. The first-order chi connectivity index (χ1) is 6.59. The first-order valence-corrected chi connectivity index (χ1v) is 4.22. The Balaban J connectivity index is 2.49. The molecule has 1 aromatic rings. The van der Waals surface area contributed by atoms with E-state index in [1.807, 2.05) is 0 Å². The van der Waals surface area contributed by atoms with Crippen molar-refractivity contribution >= 4 is 17.6 Å². The molecule has 72 valence electrons. The Labute approximate surface area is 80.8 Å². The number of hydrogen-bond donors (Lipinski definition) is 1. The van der Waals surface area contributed by atoms with E-state index < -0.39 is 5.97 Å². The molecule has 1 aliphatic heterocycles. The number of rotatable bonds is 1. The van der Waals surface area contributed by atoms with Gasteiger partial charge in [0.1, 0.15) is 0 Å². The highest BCUT2D eigenvalue weighted by Crippen LogP contribution is 2.28. The van der Waals surface area contributed by atoms with Crippen LogP contribution in [0.1, 0.15) is 15.9 Å². The number of carbonyl (C=O) groups excluding carboxylic acids is 1. The van der Waals surface area contributed by atoms with E-state index in [0.717, 1.165) is 11.3 Å². The molecule has 4 heteroatoms. The van der Waals surface area contributed by atoms with Gasteiger partial charge in [-0.3, -0.25) is 4.79 Å². The molecule has 0 bridgehead atoms. The summed E-state index contributed by atoms with van der Waals surface area (Å²) in [5.74, 6) is -0.961. The Morgan fingerprint density at radius 1 is 1.50 bits per heavy atom. The van der Waals surface area contributed by atoms with Crippen molar-refractivity contribution in [3.63, 3.8) is 0 Å². The smallest absolute Gasteiger partial charge is 0.335 e. The molecule has 4 nitrogen and oxygen atoms in total. The number of carbonyl (C=O) groups is 2. The lowest BCUT2D eigenvalue weighted by molar-refractivity contribution is -0.117. The Hall–Kier alpha value is -1.84. The van der Waals surface area contributed by atoms with Crippen molar-refractivity contribution in [2.75, 3.05) is 11.9 Å². The van der Waals surface area contributed by atoms with Gasteiger partial charge in [0, 0.05) is 12.7 Å². The summed E-state index contributed by atoms with van der Waals surface area (Å²) in [6.07, 6.45) is 0.299. The highest BCUT2D eigenvalue weighted by atomic mass is 16.4. The normalized spacial score (nSPS) is 14.4. The van der Waals surface area contributed by atoms with Crippen molar-refractivity contribution in [3.05, 3.63) is 29.3 Å². The van der Waals surface area contributed by atoms with Crippen LogP contribution in [-0.4, -0.2) is 24.0 Å². The van der Waals surface area contributed by atoms with Crippen molar-refractivity contribution in [3.8, 4) is 0 Å². The van der Waals surface area contributed by atoms with Crippen molar-refractivity contribution in [1.82, 2.24) is 0 Å². The quantitative estimate of drug-likeness (QED) is 0.717. The van der Waals surface area contributed by atoms with E-state index in [4.69, 9.17) is 5.11 Å². The fraction of sp³-hybridized carbons (Fsp3) is 0.200. The third kappa shape index (κ3) is 1.16. The molecule has 2 rings (SSSR count). The van der Waals surface area contributed by atoms with Gasteiger partial charge in [0.15, 0.2) is 0 Å². The number of carboxylic acid groups (broad SMARTS) is 1. The molecule has 1 heterocycles. The van der Waals surface area contributed by atoms with E-state index in [1.165, 1.54) is 6.07 Å². The van der Waals surface area contributed by atoms with Gasteiger partial charge in [-0.25, -0.2) is 4.79 Å². The lowest BCUT2D eigenvalue weighted by Gasteiger charge is -2.09. The van der Waals surface area contributed by atoms with Gasteiger partial charge in [-0.05, 0) is 23.8 Å². The van der Waals surface area contributed by atoms with Crippen LogP contribution < -0.4 is 4.90 Å². The van der Waals surface area contributed by atoms with E-state index in [-0.39, 0.29) is 11.5 Å². The minimum absolute atomic E-state index is 0.00235. The Morgan fingerprint density at radius 3 is 2.86 bits per heavy atom. The molecule has 0 saturated carbocycles. The molecular formula is C10H9NO3. The van der Waals surface area contributed by atoms with Crippen molar-refractivity contribution in [2.45, 2.75) is 6.42 Å². The van der Waals surface area contributed by atoms with Crippen molar-refractivity contribution < 1.29 is 14.7 Å². The van der Waals surface area contributed by atoms with Crippen LogP contribution in [0.2, 0.25) is 0 Å². The van der Waals surface area contributed by atoms with Crippen molar-refractivity contribution in [2.24, 2.45) is 0 Å². The monoisotopic (exact) mass is 191 g/mol. The molecule has 0 aromatic heterocycles. The number of benzene rings is 1. The number of anilines is 1. The summed E-state index contributed by atoms with van der Waals surface area (Å²) in [7, 11) is 1.69. The third-order valence-corrected chi connectivity index (χ3v) is 2.40. The Morgan fingerprint density at radius 2 is 2.21 bits per heavy atom. The zero-order valence-corrected chi connectivity index (χ0v) is 7.65. The predicted molar refractivity (Wildman–Crippen MR) is 50.5 cm³/mol. The Kier molecular flexibility index (Phi) is 1.77. The van der Waals surface area contributed by atoms with Gasteiger partial charge in [-0.2, -0.15) is 0 Å². The number of amides is 1. The zero-order valence-electron chi connectivity index (χ0n) is 7.65. The van der Waals surface area contributed by atoms with Gasteiger partial charge < -0.3 is 10.0 Å². The number of nitrogens with zero attached hydrogens (tertiary/aromatic N) is 1. The average Bonchev–Trinajstić information content (AvgIpc) is 2.42. The lowest BCUT2D eigenvalue weighted by atomic mass is 10.1. The summed E-state index contributed by atoms with van der Waals surface area (Å²) in [6.45, 7) is 0. The molecule has 0 atom stereocenters. The van der Waals surface area contributed by atoms with Crippen LogP contribution in [0, 0.1) is 0 Å². The van der Waals surface area contributed by atoms with Crippen LogP contribution in [0.5, 0.6) is 0 Å². The number of aromatic carboxylic acids is 1. The number of likely N-dealkylation sites (N-methyl/N-ethyl adjacent to an activating group) is 1. The summed E-state index contributed by atoms with van der Waals surface area (Å²) in [4.78, 5) is 23.5. The van der Waals surface area contributed by atoms with Gasteiger partial charge in [0.25, 0.3) is 0 Å². The molecule has 0 radical (unpaired) electrons. The van der Waals surface area contributed by atoms with E-state index in [2.05, 4.69) is 0 Å². The topological polar surface area (TPSA) is 57.6 Å². The van der Waals surface area contributed by atoms with E-state index in [1.54, 1.807) is 24.1 Å². The van der Waals surface area contributed by atoms with Crippen LogP contribution in [-0.2, 0) is 11.2 Å². The second-order valence-electron chi connectivity index (χ2n) is 3.28. The molecule has 0 aliphatic carbocycles. The first-order valence-electron chi connectivity index (χ1n) is 4.22. The summed E-state index contributed by atoms with van der Waals surface area (Å²) in [6, 6.07) is 4.74. The standard InChI is InChI=1S/C10H9NO3/c1-11-8-3-2-6(10(13)14)4-7(8)5-9(11)12/h2-4H,5H2,1H3,(H,13,14). The second-order valence-corrected chi connectivity index (χ2v) is 3.28. The zero-order chi connectivity index (χ0) is 10.3. The maximum atomic E-state index is 11.3. The molecule has 1 N–H and O–H groups in total. The average molecular weight is 191 g/mol. The van der Waals surface area contributed by atoms with Crippen LogP contribution in [0.3, 0.4) is 0 Å². The number of hydrogen-bond acceptors (Lipinski definition) is 2. The predicted octanol–water partition coefficient (Wildman–Crippen LogP) is 0.904.